The minimum atomic E-state index is -0.583. The molecule has 0 radical (unpaired) electrons. The van der Waals surface area contributed by atoms with Gasteiger partial charge in [-0.3, -0.25) is 14.5 Å². The van der Waals surface area contributed by atoms with Crippen LogP contribution >= 0.6 is 0 Å². The Bertz CT molecular complexity index is 888. The number of hydrogen-bond acceptors (Lipinski definition) is 4. The second-order valence-corrected chi connectivity index (χ2v) is 7.74. The maximum Gasteiger partial charge on any atom is 0.238 e. The van der Waals surface area contributed by atoms with Crippen LogP contribution in [0.25, 0.3) is 0 Å². The van der Waals surface area contributed by atoms with E-state index in [-0.39, 0.29) is 30.2 Å². The first-order valence-electron chi connectivity index (χ1n) is 9.60. The van der Waals surface area contributed by atoms with Gasteiger partial charge >= 0.3 is 0 Å². The average molecular weight is 398 g/mol. The van der Waals surface area contributed by atoms with Crippen LogP contribution in [0.1, 0.15) is 23.6 Å². The summed E-state index contributed by atoms with van der Waals surface area (Å²) in [7, 11) is 3.90. The highest BCUT2D eigenvalue weighted by molar-refractivity contribution is 5.93. The summed E-state index contributed by atoms with van der Waals surface area (Å²) in [4.78, 5) is 28.8. The van der Waals surface area contributed by atoms with Gasteiger partial charge in [-0.2, -0.15) is 0 Å². The van der Waals surface area contributed by atoms with E-state index < -0.39 is 17.8 Å². The fraction of sp³-hybridized carbons (Fsp3) is 0.364. The zero-order chi connectivity index (χ0) is 21.1. The first-order valence-corrected chi connectivity index (χ1v) is 9.60. The fourth-order valence-electron chi connectivity index (χ4n) is 4.04. The smallest absolute Gasteiger partial charge is 0.238 e. The molecule has 6 nitrogen and oxygen atoms in total. The number of carbonyl (C=O) groups excluding carboxylic acids is 2. The van der Waals surface area contributed by atoms with Crippen LogP contribution < -0.4 is 11.1 Å². The molecule has 0 aliphatic carbocycles. The van der Waals surface area contributed by atoms with Crippen molar-refractivity contribution in [1.82, 2.24) is 9.80 Å². The number of nitrogens with two attached hydrogens (primary N) is 1. The quantitative estimate of drug-likeness (QED) is 0.783. The van der Waals surface area contributed by atoms with Crippen molar-refractivity contribution in [1.29, 1.82) is 0 Å². The van der Waals surface area contributed by atoms with Crippen molar-refractivity contribution in [3.8, 4) is 0 Å². The summed E-state index contributed by atoms with van der Waals surface area (Å²) in [6.07, 6.45) is 0.522. The maximum atomic E-state index is 14.0. The van der Waals surface area contributed by atoms with Crippen LogP contribution in [0, 0.1) is 12.7 Å². The highest BCUT2D eigenvalue weighted by atomic mass is 19.1. The van der Waals surface area contributed by atoms with Crippen LogP contribution in [-0.4, -0.2) is 54.3 Å². The average Bonchev–Trinajstić information content (AvgIpc) is 3.05. The molecule has 1 fully saturated rings. The Morgan fingerprint density at radius 2 is 1.90 bits per heavy atom. The number of carbonyl (C=O) groups is 2. The molecule has 2 aromatic carbocycles. The number of aryl methyl sites for hydroxylation is 1. The third kappa shape index (κ3) is 4.63. The normalized spacial score (nSPS) is 22.0. The van der Waals surface area contributed by atoms with Gasteiger partial charge in [0.1, 0.15) is 5.82 Å². The van der Waals surface area contributed by atoms with Crippen LogP contribution in [0.5, 0.6) is 0 Å². The highest BCUT2D eigenvalue weighted by Gasteiger charge is 2.46. The first-order chi connectivity index (χ1) is 13.8. The molecule has 2 amide bonds. The van der Waals surface area contributed by atoms with Gasteiger partial charge in [-0.1, -0.05) is 36.4 Å². The van der Waals surface area contributed by atoms with Crippen molar-refractivity contribution in [2.24, 2.45) is 5.73 Å². The lowest BCUT2D eigenvalue weighted by Gasteiger charge is -2.32. The predicted octanol–water partition coefficient (Wildman–Crippen LogP) is 2.30. The molecule has 3 N–H and O–H groups in total. The lowest BCUT2D eigenvalue weighted by atomic mass is 9.99. The molecule has 3 atom stereocenters. The van der Waals surface area contributed by atoms with Gasteiger partial charge in [-0.25, -0.2) is 4.39 Å². The zero-order valence-electron chi connectivity index (χ0n) is 16.9. The van der Waals surface area contributed by atoms with E-state index in [2.05, 4.69) is 5.32 Å². The molecule has 0 saturated carbocycles. The van der Waals surface area contributed by atoms with Gasteiger partial charge in [0.2, 0.25) is 11.8 Å². The number of rotatable bonds is 6. The number of hydrogen-bond donors (Lipinski definition) is 2. The minimum Gasteiger partial charge on any atom is -0.368 e. The lowest BCUT2D eigenvalue weighted by Crippen LogP contribution is -2.45. The lowest BCUT2D eigenvalue weighted by molar-refractivity contribution is -0.124. The Morgan fingerprint density at radius 1 is 1.21 bits per heavy atom. The van der Waals surface area contributed by atoms with Gasteiger partial charge in [0.25, 0.3) is 0 Å². The molecule has 2 aromatic rings. The third-order valence-electron chi connectivity index (χ3n) is 5.44. The number of halogens is 1. The summed E-state index contributed by atoms with van der Waals surface area (Å²) in [5, 5.41) is 2.63. The molecule has 3 rings (SSSR count). The van der Waals surface area contributed by atoms with Crippen molar-refractivity contribution in [3.63, 3.8) is 0 Å². The van der Waals surface area contributed by atoms with E-state index in [0.29, 0.717) is 6.42 Å². The summed E-state index contributed by atoms with van der Waals surface area (Å²) in [5.41, 5.74) is 7.65. The molecule has 1 saturated heterocycles. The van der Waals surface area contributed by atoms with Crippen molar-refractivity contribution >= 4 is 17.5 Å². The molecular weight excluding hydrogens is 371 g/mol. The van der Waals surface area contributed by atoms with Crippen LogP contribution in [0.15, 0.2) is 48.5 Å². The second kappa shape index (κ2) is 8.71. The van der Waals surface area contributed by atoms with Gasteiger partial charge in [-0.15, -0.1) is 0 Å². The van der Waals surface area contributed by atoms with Gasteiger partial charge in [-0.05, 0) is 50.7 Å². The van der Waals surface area contributed by atoms with E-state index in [9.17, 15) is 14.0 Å². The van der Waals surface area contributed by atoms with Crippen molar-refractivity contribution in [2.45, 2.75) is 31.5 Å². The number of amides is 2. The third-order valence-corrected chi connectivity index (χ3v) is 5.44. The molecule has 1 heterocycles. The van der Waals surface area contributed by atoms with E-state index in [1.807, 2.05) is 61.2 Å². The SMILES string of the molecule is Cc1ccc(F)c(NC(=O)CN2[C@H](C(N)=O)C[C@@H](N(C)C)[C@@H]2c2ccccc2)c1. The first kappa shape index (κ1) is 21.0. The Labute approximate surface area is 170 Å². The Balaban J connectivity index is 1.88. The highest BCUT2D eigenvalue weighted by Crippen LogP contribution is 2.38. The van der Waals surface area contributed by atoms with E-state index in [4.69, 9.17) is 5.73 Å². The van der Waals surface area contributed by atoms with E-state index in [1.165, 1.54) is 6.07 Å². The number of primary amides is 1. The van der Waals surface area contributed by atoms with Gasteiger partial charge in [0, 0.05) is 6.04 Å². The van der Waals surface area contributed by atoms with Gasteiger partial charge in [0.15, 0.2) is 0 Å². The fourth-order valence-corrected chi connectivity index (χ4v) is 4.04. The summed E-state index contributed by atoms with van der Waals surface area (Å²) in [6, 6.07) is 13.5. The number of nitrogens with zero attached hydrogens (tertiary/aromatic N) is 2. The van der Waals surface area contributed by atoms with Crippen molar-refractivity contribution < 1.29 is 14.0 Å². The van der Waals surface area contributed by atoms with Crippen molar-refractivity contribution in [2.75, 3.05) is 26.0 Å². The van der Waals surface area contributed by atoms with E-state index in [1.54, 1.807) is 12.1 Å². The molecular formula is C22H27FN4O2. The largest absolute Gasteiger partial charge is 0.368 e. The molecule has 1 aliphatic heterocycles. The van der Waals surface area contributed by atoms with Gasteiger partial charge in [0.05, 0.1) is 24.3 Å². The summed E-state index contributed by atoms with van der Waals surface area (Å²) >= 11 is 0. The van der Waals surface area contributed by atoms with E-state index >= 15 is 0 Å². The number of nitrogens with one attached hydrogen (secondary N) is 1. The molecule has 0 aromatic heterocycles. The molecule has 0 unspecified atom stereocenters. The summed E-state index contributed by atoms with van der Waals surface area (Å²) in [5.74, 6) is -1.35. The topological polar surface area (TPSA) is 78.7 Å². The number of benzene rings is 2. The van der Waals surface area contributed by atoms with Crippen LogP contribution in [-0.2, 0) is 9.59 Å². The van der Waals surface area contributed by atoms with Crippen LogP contribution in [0.3, 0.4) is 0 Å². The summed E-state index contributed by atoms with van der Waals surface area (Å²) in [6.45, 7) is 1.76. The molecule has 0 bridgehead atoms. The zero-order valence-corrected chi connectivity index (χ0v) is 16.9. The summed E-state index contributed by atoms with van der Waals surface area (Å²) < 4.78 is 14.0. The van der Waals surface area contributed by atoms with E-state index in [0.717, 1.165) is 11.1 Å². The maximum absolute atomic E-state index is 14.0. The number of anilines is 1. The minimum absolute atomic E-state index is 0.0124. The Hall–Kier alpha value is -2.77. The molecule has 154 valence electrons. The molecule has 29 heavy (non-hydrogen) atoms. The molecule has 7 heteroatoms. The Kier molecular flexibility index (Phi) is 6.30. The standard InChI is InChI=1S/C22H27FN4O2/c1-14-9-10-16(23)17(11-14)25-20(28)13-27-19(22(24)29)12-18(26(2)3)21(27)15-7-5-4-6-8-15/h4-11,18-19,21H,12-13H2,1-3H3,(H2,24,29)(H,25,28)/t18-,19+,21+/m1/s1. The molecule has 1 aliphatic rings. The monoisotopic (exact) mass is 398 g/mol. The van der Waals surface area contributed by atoms with Crippen LogP contribution in [0.4, 0.5) is 10.1 Å². The second-order valence-electron chi connectivity index (χ2n) is 7.74. The predicted molar refractivity (Wildman–Crippen MR) is 111 cm³/mol. The Morgan fingerprint density at radius 3 is 2.52 bits per heavy atom. The van der Waals surface area contributed by atoms with Crippen molar-refractivity contribution in [3.05, 3.63) is 65.5 Å². The van der Waals surface area contributed by atoms with Gasteiger partial charge < -0.3 is 16.0 Å². The molecule has 0 spiro atoms. The van der Waals surface area contributed by atoms with Crippen LogP contribution in [0.2, 0.25) is 0 Å². The number of likely N-dealkylation sites (tertiary alicyclic amines) is 1. The number of likely N-dealkylation sites (N-methyl/N-ethyl adjacent to an activating group) is 1.